The smallest absolute Gasteiger partial charge is 0.359 e. The molecule has 138 valence electrons. The van der Waals surface area contributed by atoms with E-state index in [4.69, 9.17) is 18.9 Å². The van der Waals surface area contributed by atoms with E-state index in [0.717, 1.165) is 5.56 Å². The van der Waals surface area contributed by atoms with Crippen LogP contribution in [-0.2, 0) is 30.3 Å². The maximum atomic E-state index is 12.3. The van der Waals surface area contributed by atoms with Gasteiger partial charge in [-0.3, -0.25) is 9.48 Å². The molecule has 0 aliphatic heterocycles. The third-order valence-electron chi connectivity index (χ3n) is 4.06. The van der Waals surface area contributed by atoms with Gasteiger partial charge in [0.2, 0.25) is 0 Å². The van der Waals surface area contributed by atoms with Gasteiger partial charge in [0.1, 0.15) is 19.4 Å². The van der Waals surface area contributed by atoms with Crippen LogP contribution in [0.5, 0.6) is 0 Å². The van der Waals surface area contributed by atoms with E-state index in [9.17, 15) is 9.59 Å². The maximum Gasteiger partial charge on any atom is 0.359 e. The number of ether oxygens (including phenoxy) is 4. The van der Waals surface area contributed by atoms with Crippen LogP contribution in [0.1, 0.15) is 53.5 Å². The predicted molar refractivity (Wildman–Crippen MR) is 88.1 cm³/mol. The molecule has 1 aliphatic carbocycles. The summed E-state index contributed by atoms with van der Waals surface area (Å²) in [6.07, 6.45) is 2.77. The maximum absolute atomic E-state index is 12.3. The van der Waals surface area contributed by atoms with E-state index in [1.807, 2.05) is 0 Å². The summed E-state index contributed by atoms with van der Waals surface area (Å²) in [7, 11) is 2.84. The Morgan fingerprint density at radius 3 is 2.76 bits per heavy atom. The molecule has 0 saturated heterocycles. The number of nitrogens with zero attached hydrogens (tertiary/aromatic N) is 2. The average molecular weight is 352 g/mol. The monoisotopic (exact) mass is 352 g/mol. The summed E-state index contributed by atoms with van der Waals surface area (Å²) in [4.78, 5) is 24.1. The van der Waals surface area contributed by atoms with Crippen LogP contribution in [0.2, 0.25) is 0 Å². The van der Waals surface area contributed by atoms with Crippen molar-refractivity contribution in [1.29, 1.82) is 0 Å². The van der Waals surface area contributed by atoms with E-state index in [2.05, 4.69) is 11.7 Å². The number of aromatic nitrogens is 2. The van der Waals surface area contributed by atoms with Crippen molar-refractivity contribution < 1.29 is 28.5 Å². The lowest BCUT2D eigenvalue weighted by Crippen LogP contribution is -2.18. The van der Waals surface area contributed by atoms with Crippen molar-refractivity contribution in [3.05, 3.63) is 29.6 Å². The Balaban J connectivity index is 2.49. The Kier molecular flexibility index (Phi) is 6.72. The van der Waals surface area contributed by atoms with Crippen LogP contribution in [0.15, 0.2) is 12.7 Å². The van der Waals surface area contributed by atoms with Crippen molar-refractivity contribution in [3.8, 4) is 0 Å². The molecule has 0 radical (unpaired) electrons. The van der Waals surface area contributed by atoms with Crippen molar-refractivity contribution in [3.63, 3.8) is 0 Å². The Labute approximate surface area is 146 Å². The van der Waals surface area contributed by atoms with Crippen molar-refractivity contribution in [2.24, 2.45) is 0 Å². The summed E-state index contributed by atoms with van der Waals surface area (Å²) >= 11 is 0. The fraction of sp³-hybridized carbons (Fsp3) is 0.588. The number of allylic oxidation sites excluding steroid dienone is 1. The number of fused-ring (bicyclic) bond motifs is 1. The quantitative estimate of drug-likeness (QED) is 0.381. The highest BCUT2D eigenvalue weighted by Crippen LogP contribution is 2.46. The van der Waals surface area contributed by atoms with Gasteiger partial charge in [-0.15, -0.1) is 6.58 Å². The molecular formula is C17H24N2O6. The molecule has 0 fully saturated rings. The predicted octanol–water partition coefficient (Wildman–Crippen LogP) is 1.96. The van der Waals surface area contributed by atoms with Gasteiger partial charge < -0.3 is 18.9 Å². The fourth-order valence-electron chi connectivity index (χ4n) is 3.09. The number of hydrogen-bond donors (Lipinski definition) is 0. The summed E-state index contributed by atoms with van der Waals surface area (Å²) in [5, 5.41) is 4.32. The minimum Gasteiger partial charge on any atom is -0.468 e. The van der Waals surface area contributed by atoms with Crippen LogP contribution in [0.3, 0.4) is 0 Å². The van der Waals surface area contributed by atoms with Crippen LogP contribution in [-0.4, -0.2) is 49.3 Å². The minimum absolute atomic E-state index is 0.0140. The molecular weight excluding hydrogens is 328 g/mol. The summed E-state index contributed by atoms with van der Waals surface area (Å²) in [5.74, 6) is -0.956. The zero-order valence-electron chi connectivity index (χ0n) is 14.8. The van der Waals surface area contributed by atoms with Crippen molar-refractivity contribution in [2.75, 3.05) is 27.6 Å². The molecule has 1 aromatic rings. The van der Waals surface area contributed by atoms with Gasteiger partial charge in [-0.05, 0) is 25.7 Å². The van der Waals surface area contributed by atoms with E-state index in [0.29, 0.717) is 18.5 Å². The number of rotatable bonds is 9. The van der Waals surface area contributed by atoms with Crippen LogP contribution in [0.4, 0.5) is 0 Å². The Morgan fingerprint density at radius 1 is 1.40 bits per heavy atom. The first kappa shape index (κ1) is 19.1. The van der Waals surface area contributed by atoms with Crippen LogP contribution >= 0.6 is 0 Å². The van der Waals surface area contributed by atoms with E-state index in [-0.39, 0.29) is 37.7 Å². The summed E-state index contributed by atoms with van der Waals surface area (Å²) in [6, 6.07) is 0. The Morgan fingerprint density at radius 2 is 2.16 bits per heavy atom. The van der Waals surface area contributed by atoms with Gasteiger partial charge in [0.05, 0.1) is 19.4 Å². The third-order valence-corrected chi connectivity index (χ3v) is 4.06. The van der Waals surface area contributed by atoms with Gasteiger partial charge in [-0.2, -0.15) is 5.10 Å². The van der Waals surface area contributed by atoms with Crippen LogP contribution in [0, 0.1) is 0 Å². The molecule has 8 nitrogen and oxygen atoms in total. The molecule has 1 aliphatic rings. The number of hydrogen-bond acceptors (Lipinski definition) is 7. The average Bonchev–Trinajstić information content (AvgIpc) is 3.13. The highest BCUT2D eigenvalue weighted by atomic mass is 16.7. The molecule has 0 saturated carbocycles. The SMILES string of the molecule is C=CC[C@H]1CC(OCOC)c2c1c(C(=O)OCC)nn2CC(=O)OC. The number of methoxy groups -OCH3 is 2. The van der Waals surface area contributed by atoms with Crippen molar-refractivity contribution in [1.82, 2.24) is 9.78 Å². The van der Waals surface area contributed by atoms with E-state index >= 15 is 0 Å². The highest BCUT2D eigenvalue weighted by Gasteiger charge is 2.40. The van der Waals surface area contributed by atoms with Gasteiger partial charge in [0.15, 0.2) is 5.69 Å². The zero-order valence-corrected chi connectivity index (χ0v) is 14.8. The Hall–Kier alpha value is -2.19. The van der Waals surface area contributed by atoms with Gasteiger partial charge in [0.25, 0.3) is 0 Å². The molecule has 2 rings (SSSR count). The second-order valence-electron chi connectivity index (χ2n) is 5.62. The first-order valence-electron chi connectivity index (χ1n) is 8.13. The van der Waals surface area contributed by atoms with E-state index in [1.165, 1.54) is 18.9 Å². The highest BCUT2D eigenvalue weighted by molar-refractivity contribution is 5.90. The van der Waals surface area contributed by atoms with Gasteiger partial charge in [-0.25, -0.2) is 4.79 Å². The lowest BCUT2D eigenvalue weighted by atomic mass is 9.98. The van der Waals surface area contributed by atoms with Crippen LogP contribution in [0.25, 0.3) is 0 Å². The zero-order chi connectivity index (χ0) is 18.4. The molecule has 0 spiro atoms. The molecule has 25 heavy (non-hydrogen) atoms. The molecule has 1 aromatic heterocycles. The van der Waals surface area contributed by atoms with Gasteiger partial charge >= 0.3 is 11.9 Å². The minimum atomic E-state index is -0.510. The van der Waals surface area contributed by atoms with E-state index in [1.54, 1.807) is 13.0 Å². The molecule has 1 heterocycles. The first-order valence-corrected chi connectivity index (χ1v) is 8.13. The van der Waals surface area contributed by atoms with Gasteiger partial charge in [-0.1, -0.05) is 6.08 Å². The lowest BCUT2D eigenvalue weighted by molar-refractivity contribution is -0.141. The van der Waals surface area contributed by atoms with Crippen LogP contribution < -0.4 is 0 Å². The number of esters is 2. The standard InChI is InChI=1S/C17H24N2O6/c1-5-7-11-8-12(25-10-22-3)16-14(11)15(17(21)24-6-2)18-19(16)9-13(20)23-4/h5,11-12H,1,6-10H2,2-4H3/t11-,12?/m0/s1. The first-order chi connectivity index (χ1) is 12.1. The molecule has 0 bridgehead atoms. The second-order valence-corrected chi connectivity index (χ2v) is 5.62. The molecule has 0 aromatic carbocycles. The topological polar surface area (TPSA) is 88.9 Å². The number of carbonyl (C=O) groups is 2. The normalized spacial score (nSPS) is 18.7. The van der Waals surface area contributed by atoms with Crippen molar-refractivity contribution in [2.45, 2.75) is 38.3 Å². The molecule has 1 unspecified atom stereocenters. The lowest BCUT2D eigenvalue weighted by Gasteiger charge is -2.15. The Bertz CT molecular complexity index is 639. The summed E-state index contributed by atoms with van der Waals surface area (Å²) in [5.41, 5.74) is 1.66. The third kappa shape index (κ3) is 4.08. The molecule has 0 N–H and O–H groups in total. The van der Waals surface area contributed by atoms with Crippen molar-refractivity contribution >= 4 is 11.9 Å². The molecule has 2 atom stereocenters. The summed E-state index contributed by atoms with van der Waals surface area (Å²) < 4.78 is 22.0. The van der Waals surface area contributed by atoms with E-state index < -0.39 is 11.9 Å². The largest absolute Gasteiger partial charge is 0.468 e. The molecule has 0 amide bonds. The fourth-order valence-corrected chi connectivity index (χ4v) is 3.09. The van der Waals surface area contributed by atoms with Gasteiger partial charge in [0, 0.05) is 12.7 Å². The number of carbonyl (C=O) groups excluding carboxylic acids is 2. The summed E-state index contributed by atoms with van der Waals surface area (Å²) in [6.45, 7) is 5.75. The second kappa shape index (κ2) is 8.77. The molecule has 8 heteroatoms.